The molecule has 1 saturated heterocycles. The maximum absolute atomic E-state index is 4.73. The third-order valence-corrected chi connectivity index (χ3v) is 3.17. The molecule has 3 heteroatoms. The van der Waals surface area contributed by atoms with Gasteiger partial charge in [0, 0.05) is 18.2 Å². The molecule has 1 aromatic heterocycles. The van der Waals surface area contributed by atoms with Crippen LogP contribution in [0.1, 0.15) is 49.3 Å². The maximum atomic E-state index is 4.73. The summed E-state index contributed by atoms with van der Waals surface area (Å²) >= 11 is 0. The summed E-state index contributed by atoms with van der Waals surface area (Å²) in [7, 11) is 0. The molecule has 0 amide bonds. The van der Waals surface area contributed by atoms with E-state index < -0.39 is 0 Å². The normalized spacial score (nSPS) is 21.9. The van der Waals surface area contributed by atoms with E-state index in [9.17, 15) is 0 Å². The Morgan fingerprint density at radius 1 is 1.47 bits per heavy atom. The van der Waals surface area contributed by atoms with Crippen molar-refractivity contribution >= 4 is 0 Å². The molecule has 2 rings (SSSR count). The minimum atomic E-state index is 0.600. The zero-order valence-electron chi connectivity index (χ0n) is 9.77. The van der Waals surface area contributed by atoms with Gasteiger partial charge in [-0.2, -0.15) is 0 Å². The summed E-state index contributed by atoms with van der Waals surface area (Å²) in [5.74, 6) is 1.80. The average molecular weight is 207 g/mol. The predicted octanol–water partition coefficient (Wildman–Crippen LogP) is 2.14. The van der Waals surface area contributed by atoms with E-state index >= 15 is 0 Å². The van der Waals surface area contributed by atoms with Crippen LogP contribution in [0.25, 0.3) is 0 Å². The van der Waals surface area contributed by atoms with Crippen LogP contribution < -0.4 is 5.32 Å². The molecule has 1 fully saturated rings. The van der Waals surface area contributed by atoms with Gasteiger partial charge in [0.25, 0.3) is 0 Å². The van der Waals surface area contributed by atoms with Gasteiger partial charge in [-0.3, -0.25) is 0 Å². The molecule has 0 aromatic carbocycles. The summed E-state index contributed by atoms with van der Waals surface area (Å²) in [5, 5.41) is 3.43. The van der Waals surface area contributed by atoms with Crippen LogP contribution in [0.3, 0.4) is 0 Å². The smallest absolute Gasteiger partial charge is 0.110 e. The topological polar surface area (TPSA) is 40.7 Å². The highest BCUT2D eigenvalue weighted by molar-refractivity contribution is 5.16. The van der Waals surface area contributed by atoms with Crippen LogP contribution >= 0.6 is 0 Å². The number of hydrogen-bond donors (Lipinski definition) is 2. The van der Waals surface area contributed by atoms with Crippen molar-refractivity contribution in [3.63, 3.8) is 0 Å². The molecule has 15 heavy (non-hydrogen) atoms. The van der Waals surface area contributed by atoms with E-state index in [-0.39, 0.29) is 0 Å². The fourth-order valence-corrected chi connectivity index (χ4v) is 2.28. The van der Waals surface area contributed by atoms with E-state index in [2.05, 4.69) is 24.1 Å². The van der Waals surface area contributed by atoms with E-state index in [1.165, 1.54) is 36.5 Å². The molecule has 0 bridgehead atoms. The van der Waals surface area contributed by atoms with E-state index in [1.54, 1.807) is 0 Å². The van der Waals surface area contributed by atoms with Crippen LogP contribution in [0.15, 0.2) is 0 Å². The van der Waals surface area contributed by atoms with Crippen molar-refractivity contribution in [2.24, 2.45) is 0 Å². The fourth-order valence-electron chi connectivity index (χ4n) is 2.28. The lowest BCUT2D eigenvalue weighted by Crippen LogP contribution is -2.28. The third kappa shape index (κ3) is 2.40. The molecular formula is C12H21N3. The number of H-pyrrole nitrogens is 1. The lowest BCUT2D eigenvalue weighted by atomic mass is 9.99. The number of hydrogen-bond acceptors (Lipinski definition) is 2. The summed E-state index contributed by atoms with van der Waals surface area (Å²) in [6, 6.07) is 0. The van der Waals surface area contributed by atoms with Gasteiger partial charge < -0.3 is 10.3 Å². The third-order valence-electron chi connectivity index (χ3n) is 3.17. The van der Waals surface area contributed by atoms with Crippen LogP contribution in [-0.4, -0.2) is 23.1 Å². The molecule has 2 heterocycles. The van der Waals surface area contributed by atoms with Crippen molar-refractivity contribution in [2.75, 3.05) is 13.1 Å². The number of aromatic amines is 1. The van der Waals surface area contributed by atoms with Gasteiger partial charge in [-0.05, 0) is 32.7 Å². The fraction of sp³-hybridized carbons (Fsp3) is 0.750. The molecule has 0 radical (unpaired) electrons. The number of nitrogens with zero attached hydrogens (tertiary/aromatic N) is 1. The summed E-state index contributed by atoms with van der Waals surface area (Å²) < 4.78 is 0. The molecule has 1 aliphatic rings. The largest absolute Gasteiger partial charge is 0.346 e. The Balaban J connectivity index is 2.10. The Morgan fingerprint density at radius 3 is 3.00 bits per heavy atom. The molecular weight excluding hydrogens is 186 g/mol. The summed E-state index contributed by atoms with van der Waals surface area (Å²) in [5.41, 5.74) is 2.52. The van der Waals surface area contributed by atoms with E-state index in [0.717, 1.165) is 19.5 Å². The first kappa shape index (κ1) is 10.7. The van der Waals surface area contributed by atoms with Crippen LogP contribution in [-0.2, 0) is 6.42 Å². The summed E-state index contributed by atoms with van der Waals surface area (Å²) in [6.07, 6.45) is 4.82. The van der Waals surface area contributed by atoms with Crippen molar-refractivity contribution in [1.29, 1.82) is 0 Å². The first-order chi connectivity index (χ1) is 7.31. The molecule has 3 nitrogen and oxygen atoms in total. The Hall–Kier alpha value is -0.830. The van der Waals surface area contributed by atoms with Crippen LogP contribution in [0.4, 0.5) is 0 Å². The number of aromatic nitrogens is 2. The number of piperidine rings is 1. The van der Waals surface area contributed by atoms with Gasteiger partial charge in [0.2, 0.25) is 0 Å². The van der Waals surface area contributed by atoms with Crippen molar-refractivity contribution in [2.45, 2.75) is 45.4 Å². The quantitative estimate of drug-likeness (QED) is 0.797. The minimum absolute atomic E-state index is 0.600. The number of nitrogens with one attached hydrogen (secondary N) is 2. The first-order valence-electron chi connectivity index (χ1n) is 6.07. The Bertz CT molecular complexity index is 311. The highest BCUT2D eigenvalue weighted by Crippen LogP contribution is 2.22. The predicted molar refractivity (Wildman–Crippen MR) is 62.2 cm³/mol. The first-order valence-corrected chi connectivity index (χ1v) is 6.07. The monoisotopic (exact) mass is 207 g/mol. The van der Waals surface area contributed by atoms with E-state index in [0.29, 0.717) is 5.92 Å². The van der Waals surface area contributed by atoms with Gasteiger partial charge in [-0.15, -0.1) is 0 Å². The summed E-state index contributed by atoms with van der Waals surface area (Å²) in [6.45, 7) is 6.59. The van der Waals surface area contributed by atoms with Gasteiger partial charge >= 0.3 is 0 Å². The van der Waals surface area contributed by atoms with Crippen molar-refractivity contribution in [3.05, 3.63) is 17.2 Å². The second kappa shape index (κ2) is 4.79. The Labute approximate surface area is 91.7 Å². The highest BCUT2D eigenvalue weighted by atomic mass is 15.0. The van der Waals surface area contributed by atoms with Crippen molar-refractivity contribution < 1.29 is 0 Å². The minimum Gasteiger partial charge on any atom is -0.346 e. The zero-order valence-corrected chi connectivity index (χ0v) is 9.77. The van der Waals surface area contributed by atoms with Gasteiger partial charge in [-0.25, -0.2) is 4.98 Å². The standard InChI is InChI=1S/C12H21N3/c1-3-5-11-9(2)14-12(15-11)10-6-4-7-13-8-10/h10,13H,3-8H2,1-2H3,(H,14,15). The van der Waals surface area contributed by atoms with Crippen LogP contribution in [0.2, 0.25) is 0 Å². The SMILES string of the molecule is CCCc1nc(C2CCCNC2)[nH]c1C. The van der Waals surface area contributed by atoms with Crippen LogP contribution in [0, 0.1) is 6.92 Å². The molecule has 0 aliphatic carbocycles. The van der Waals surface area contributed by atoms with Gasteiger partial charge in [0.05, 0.1) is 5.69 Å². The molecule has 1 aliphatic heterocycles. The Morgan fingerprint density at radius 2 is 2.33 bits per heavy atom. The molecule has 84 valence electrons. The molecule has 2 N–H and O–H groups in total. The van der Waals surface area contributed by atoms with Crippen molar-refractivity contribution in [1.82, 2.24) is 15.3 Å². The highest BCUT2D eigenvalue weighted by Gasteiger charge is 2.19. The molecule has 1 unspecified atom stereocenters. The van der Waals surface area contributed by atoms with Gasteiger partial charge in [0.1, 0.15) is 5.82 Å². The average Bonchev–Trinajstić information content (AvgIpc) is 2.63. The van der Waals surface area contributed by atoms with Crippen molar-refractivity contribution in [3.8, 4) is 0 Å². The number of imidazole rings is 1. The van der Waals surface area contributed by atoms with E-state index in [4.69, 9.17) is 4.98 Å². The van der Waals surface area contributed by atoms with Crippen LogP contribution in [0.5, 0.6) is 0 Å². The number of rotatable bonds is 3. The lowest BCUT2D eigenvalue weighted by Gasteiger charge is -2.20. The lowest BCUT2D eigenvalue weighted by molar-refractivity contribution is 0.448. The van der Waals surface area contributed by atoms with Gasteiger partial charge in [0.15, 0.2) is 0 Å². The second-order valence-corrected chi connectivity index (χ2v) is 4.49. The second-order valence-electron chi connectivity index (χ2n) is 4.49. The number of aryl methyl sites for hydroxylation is 2. The van der Waals surface area contributed by atoms with E-state index in [1.807, 2.05) is 0 Å². The maximum Gasteiger partial charge on any atom is 0.110 e. The molecule has 1 aromatic rings. The zero-order chi connectivity index (χ0) is 10.7. The molecule has 0 saturated carbocycles. The molecule has 0 spiro atoms. The van der Waals surface area contributed by atoms with Gasteiger partial charge in [-0.1, -0.05) is 13.3 Å². The molecule has 1 atom stereocenters. The Kier molecular flexibility index (Phi) is 3.41. The summed E-state index contributed by atoms with van der Waals surface area (Å²) in [4.78, 5) is 8.18.